The molecule has 0 saturated heterocycles. The first kappa shape index (κ1) is 12.5. The van der Waals surface area contributed by atoms with Gasteiger partial charge in [-0.25, -0.2) is 4.39 Å². The monoisotopic (exact) mass is 247 g/mol. The number of nitrogens with zero attached hydrogens (tertiary/aromatic N) is 1. The molecule has 1 amide bonds. The number of aryl methyl sites for hydroxylation is 1. The molecule has 0 radical (unpaired) electrons. The van der Waals surface area contributed by atoms with E-state index in [1.807, 2.05) is 0 Å². The average Bonchev–Trinajstić information content (AvgIpc) is 2.63. The molecule has 0 aromatic heterocycles. The van der Waals surface area contributed by atoms with Gasteiger partial charge in [-0.3, -0.25) is 4.79 Å². The lowest BCUT2D eigenvalue weighted by Crippen LogP contribution is -2.30. The summed E-state index contributed by atoms with van der Waals surface area (Å²) >= 11 is 0. The van der Waals surface area contributed by atoms with E-state index in [1.165, 1.54) is 6.07 Å². The van der Waals surface area contributed by atoms with Crippen LogP contribution in [0.5, 0.6) is 0 Å². The van der Waals surface area contributed by atoms with Gasteiger partial charge in [-0.15, -0.1) is 0 Å². The first-order chi connectivity index (χ1) is 8.52. The topological polar surface area (TPSA) is 64.9 Å². The van der Waals surface area contributed by atoms with Crippen molar-refractivity contribution in [2.75, 3.05) is 11.9 Å². The lowest BCUT2D eigenvalue weighted by atomic mass is 10.0. The van der Waals surface area contributed by atoms with Crippen molar-refractivity contribution in [3.63, 3.8) is 0 Å². The number of benzene rings is 1. The Hall–Kier alpha value is -1.93. The molecule has 1 aromatic rings. The Morgan fingerprint density at radius 2 is 2.33 bits per heavy atom. The number of hydrogen-bond donors (Lipinski definition) is 2. The molecule has 4 nitrogen and oxygen atoms in total. The van der Waals surface area contributed by atoms with Crippen molar-refractivity contribution < 1.29 is 9.18 Å². The molecule has 1 aliphatic heterocycles. The summed E-state index contributed by atoms with van der Waals surface area (Å²) in [6, 6.07) is 4.67. The van der Waals surface area contributed by atoms with Crippen molar-refractivity contribution in [3.05, 3.63) is 29.1 Å². The fourth-order valence-electron chi connectivity index (χ4n) is 2.01. The number of carbonyl (C=O) groups excluding carboxylic acids is 1. The van der Waals surface area contributed by atoms with Crippen LogP contribution in [0, 0.1) is 30.0 Å². The van der Waals surface area contributed by atoms with Crippen molar-refractivity contribution in [2.45, 2.75) is 19.9 Å². The van der Waals surface area contributed by atoms with Crippen LogP contribution in [0.25, 0.3) is 0 Å². The van der Waals surface area contributed by atoms with Crippen molar-refractivity contribution in [1.29, 1.82) is 5.26 Å². The van der Waals surface area contributed by atoms with Crippen LogP contribution in [0.2, 0.25) is 0 Å². The van der Waals surface area contributed by atoms with E-state index in [-0.39, 0.29) is 17.5 Å². The Morgan fingerprint density at radius 3 is 3.00 bits per heavy atom. The van der Waals surface area contributed by atoms with E-state index in [9.17, 15) is 9.18 Å². The molecule has 0 saturated carbocycles. The van der Waals surface area contributed by atoms with Gasteiger partial charge < -0.3 is 10.6 Å². The van der Waals surface area contributed by atoms with E-state index in [1.54, 1.807) is 19.9 Å². The van der Waals surface area contributed by atoms with Gasteiger partial charge in [0.2, 0.25) is 5.91 Å². The van der Waals surface area contributed by atoms with E-state index in [2.05, 4.69) is 16.7 Å². The molecule has 94 valence electrons. The summed E-state index contributed by atoms with van der Waals surface area (Å²) in [5, 5.41) is 14.2. The molecule has 0 bridgehead atoms. The summed E-state index contributed by atoms with van der Waals surface area (Å²) in [7, 11) is 0. The summed E-state index contributed by atoms with van der Waals surface area (Å²) in [4.78, 5) is 11.8. The van der Waals surface area contributed by atoms with Crippen LogP contribution in [0.4, 0.5) is 10.1 Å². The Bertz CT molecular complexity index is 536. The second-order valence-electron chi connectivity index (χ2n) is 4.57. The third-order valence-corrected chi connectivity index (χ3v) is 2.94. The number of halogens is 1. The maximum atomic E-state index is 13.7. The van der Waals surface area contributed by atoms with Gasteiger partial charge in [0.15, 0.2) is 0 Å². The highest BCUT2D eigenvalue weighted by Gasteiger charge is 2.32. The lowest BCUT2D eigenvalue weighted by molar-refractivity contribution is -0.117. The minimum atomic E-state index is -0.579. The minimum absolute atomic E-state index is 0.198. The molecule has 2 unspecified atom stereocenters. The lowest BCUT2D eigenvalue weighted by Gasteiger charge is -2.12. The van der Waals surface area contributed by atoms with Gasteiger partial charge in [-0.1, -0.05) is 6.07 Å². The van der Waals surface area contributed by atoms with Crippen LogP contribution < -0.4 is 10.6 Å². The molecule has 18 heavy (non-hydrogen) atoms. The van der Waals surface area contributed by atoms with Crippen molar-refractivity contribution in [3.8, 4) is 6.07 Å². The smallest absolute Gasteiger partial charge is 0.246 e. The Kier molecular flexibility index (Phi) is 3.30. The van der Waals surface area contributed by atoms with Crippen LogP contribution in [-0.2, 0) is 4.79 Å². The van der Waals surface area contributed by atoms with E-state index in [0.29, 0.717) is 12.1 Å². The molecular weight excluding hydrogens is 233 g/mol. The molecule has 0 fully saturated rings. The van der Waals surface area contributed by atoms with E-state index >= 15 is 0 Å². The molecule has 0 aliphatic carbocycles. The summed E-state index contributed by atoms with van der Waals surface area (Å²) in [5.41, 5.74) is 1.62. The van der Waals surface area contributed by atoms with Gasteiger partial charge in [0.25, 0.3) is 0 Å². The third-order valence-electron chi connectivity index (χ3n) is 2.94. The second kappa shape index (κ2) is 4.75. The largest absolute Gasteiger partial charge is 0.322 e. The number of amides is 1. The predicted molar refractivity (Wildman–Crippen MR) is 65.3 cm³/mol. The van der Waals surface area contributed by atoms with E-state index < -0.39 is 11.9 Å². The van der Waals surface area contributed by atoms with Crippen LogP contribution in [0.3, 0.4) is 0 Å². The normalized spacial score (nSPS) is 19.0. The van der Waals surface area contributed by atoms with Crippen molar-refractivity contribution in [2.24, 2.45) is 5.92 Å². The molecule has 2 N–H and O–H groups in total. The van der Waals surface area contributed by atoms with E-state index in [0.717, 1.165) is 5.56 Å². The first-order valence-electron chi connectivity index (χ1n) is 5.77. The van der Waals surface area contributed by atoms with Crippen LogP contribution in [0.15, 0.2) is 12.1 Å². The van der Waals surface area contributed by atoms with Gasteiger partial charge in [-0.2, -0.15) is 5.26 Å². The highest BCUT2D eigenvalue weighted by atomic mass is 19.1. The number of carbonyl (C=O) groups is 1. The molecule has 1 heterocycles. The maximum Gasteiger partial charge on any atom is 0.246 e. The zero-order valence-electron chi connectivity index (χ0n) is 10.2. The molecule has 5 heteroatoms. The number of nitriles is 1. The highest BCUT2D eigenvalue weighted by Crippen LogP contribution is 2.33. The Morgan fingerprint density at radius 1 is 1.61 bits per heavy atom. The number of nitrogens with one attached hydrogen (secondary N) is 2. The number of hydrogen-bond acceptors (Lipinski definition) is 3. The van der Waals surface area contributed by atoms with Gasteiger partial charge in [0.1, 0.15) is 11.9 Å². The number of rotatable bonds is 3. The average molecular weight is 247 g/mol. The van der Waals surface area contributed by atoms with Crippen LogP contribution >= 0.6 is 0 Å². The third kappa shape index (κ3) is 2.20. The van der Waals surface area contributed by atoms with Gasteiger partial charge >= 0.3 is 0 Å². The summed E-state index contributed by atoms with van der Waals surface area (Å²) < 4.78 is 13.7. The fraction of sp³-hybridized carbons (Fsp3) is 0.385. The second-order valence-corrected chi connectivity index (χ2v) is 4.57. The highest BCUT2D eigenvalue weighted by molar-refractivity contribution is 6.02. The molecule has 2 rings (SSSR count). The standard InChI is InChI=1S/C13H14FN3O/c1-7-3-9-11(10(14)4-7)17-13(18)12(9)16-6-8(2)5-15/h3-4,8,12,16H,6H2,1-2H3,(H,17,18). The van der Waals surface area contributed by atoms with E-state index in [4.69, 9.17) is 5.26 Å². The first-order valence-corrected chi connectivity index (χ1v) is 5.77. The Balaban J connectivity index is 2.25. The van der Waals surface area contributed by atoms with Crippen LogP contribution in [0.1, 0.15) is 24.1 Å². The molecule has 1 aromatic carbocycles. The van der Waals surface area contributed by atoms with Gasteiger partial charge in [0.05, 0.1) is 17.7 Å². The zero-order chi connectivity index (χ0) is 13.3. The summed E-state index contributed by atoms with van der Waals surface area (Å²) in [5.74, 6) is -0.896. The summed E-state index contributed by atoms with van der Waals surface area (Å²) in [6.07, 6.45) is 0. The zero-order valence-corrected chi connectivity index (χ0v) is 10.2. The Labute approximate surface area is 105 Å². The van der Waals surface area contributed by atoms with Gasteiger partial charge in [-0.05, 0) is 25.5 Å². The van der Waals surface area contributed by atoms with Crippen LogP contribution in [-0.4, -0.2) is 12.5 Å². The minimum Gasteiger partial charge on any atom is -0.322 e. The van der Waals surface area contributed by atoms with Gasteiger partial charge in [0, 0.05) is 12.1 Å². The number of anilines is 1. The molecule has 0 spiro atoms. The quantitative estimate of drug-likeness (QED) is 0.857. The maximum absolute atomic E-state index is 13.7. The van der Waals surface area contributed by atoms with Crippen molar-refractivity contribution >= 4 is 11.6 Å². The molecule has 2 atom stereocenters. The predicted octanol–water partition coefficient (Wildman–Crippen LogP) is 1.88. The number of fused-ring (bicyclic) bond motifs is 1. The fourth-order valence-corrected chi connectivity index (χ4v) is 2.01. The van der Waals surface area contributed by atoms with Crippen molar-refractivity contribution in [1.82, 2.24) is 5.32 Å². The SMILES string of the molecule is Cc1cc(F)c2c(c1)C(NCC(C)C#N)C(=O)N2. The summed E-state index contributed by atoms with van der Waals surface area (Å²) in [6.45, 7) is 3.93. The molecule has 1 aliphatic rings. The molecular formula is C13H14FN3O.